The second kappa shape index (κ2) is 4.47. The van der Waals surface area contributed by atoms with Crippen LogP contribution >= 0.6 is 11.8 Å². The highest BCUT2D eigenvalue weighted by Crippen LogP contribution is 2.18. The Balaban J connectivity index is 2.45. The molecule has 1 aliphatic heterocycles. The number of rotatable bonds is 3. The molecule has 68 valence electrons. The summed E-state index contributed by atoms with van der Waals surface area (Å²) >= 11 is 1.21. The lowest BCUT2D eigenvalue weighted by Crippen LogP contribution is -2.39. The van der Waals surface area contributed by atoms with Crippen molar-refractivity contribution < 1.29 is 9.59 Å². The van der Waals surface area contributed by atoms with Gasteiger partial charge in [-0.15, -0.1) is 0 Å². The molecule has 0 atom stereocenters. The zero-order chi connectivity index (χ0) is 8.97. The summed E-state index contributed by atoms with van der Waals surface area (Å²) in [5, 5.41) is -0.125. The summed E-state index contributed by atoms with van der Waals surface area (Å²) in [6.45, 7) is 0.989. The van der Waals surface area contributed by atoms with E-state index in [1.807, 2.05) is 0 Å². The van der Waals surface area contributed by atoms with Gasteiger partial charge in [-0.05, 0) is 13.0 Å². The maximum Gasteiger partial charge on any atom is 0.288 e. The van der Waals surface area contributed by atoms with E-state index < -0.39 is 0 Å². The molecule has 1 aliphatic rings. The fourth-order valence-corrected chi connectivity index (χ4v) is 1.81. The lowest BCUT2D eigenvalue weighted by atomic mass is 10.3. The van der Waals surface area contributed by atoms with E-state index >= 15 is 0 Å². The summed E-state index contributed by atoms with van der Waals surface area (Å²) in [6.07, 6.45) is 1.17. The first-order valence-corrected chi connectivity index (χ1v) is 4.91. The number of carbonyl (C=O) groups excluding carboxylic acids is 2. The second-order valence-electron chi connectivity index (χ2n) is 2.55. The van der Waals surface area contributed by atoms with E-state index in [1.165, 1.54) is 16.7 Å². The summed E-state index contributed by atoms with van der Waals surface area (Å²) in [6, 6.07) is 0. The van der Waals surface area contributed by atoms with Crippen molar-refractivity contribution in [1.29, 1.82) is 0 Å². The number of thioether (sulfide) groups is 1. The molecule has 0 aromatic carbocycles. The highest BCUT2D eigenvalue weighted by atomic mass is 32.2. The number of amides is 2. The van der Waals surface area contributed by atoms with Crippen LogP contribution in [0.5, 0.6) is 0 Å². The van der Waals surface area contributed by atoms with Crippen LogP contribution in [-0.2, 0) is 4.79 Å². The molecule has 2 N–H and O–H groups in total. The molecule has 0 radical (unpaired) electrons. The predicted octanol–water partition coefficient (Wildman–Crippen LogP) is 0.421. The zero-order valence-corrected chi connectivity index (χ0v) is 7.60. The van der Waals surface area contributed by atoms with Crippen LogP contribution in [0, 0.1) is 0 Å². The van der Waals surface area contributed by atoms with Crippen LogP contribution in [0.15, 0.2) is 0 Å². The maximum atomic E-state index is 11.2. The molecule has 1 rings (SSSR count). The topological polar surface area (TPSA) is 63.4 Å². The van der Waals surface area contributed by atoms with Gasteiger partial charge in [0.25, 0.3) is 5.24 Å². The van der Waals surface area contributed by atoms with Gasteiger partial charge in [-0.3, -0.25) is 14.5 Å². The summed E-state index contributed by atoms with van der Waals surface area (Å²) in [5.41, 5.74) is 5.28. The number of imide groups is 1. The van der Waals surface area contributed by atoms with E-state index in [9.17, 15) is 9.59 Å². The van der Waals surface area contributed by atoms with Gasteiger partial charge >= 0.3 is 0 Å². The second-order valence-corrected chi connectivity index (χ2v) is 3.60. The Labute approximate surface area is 75.5 Å². The van der Waals surface area contributed by atoms with Crippen LogP contribution in [0.2, 0.25) is 0 Å². The van der Waals surface area contributed by atoms with Gasteiger partial charge < -0.3 is 5.73 Å². The first kappa shape index (κ1) is 9.54. The third kappa shape index (κ3) is 2.22. The van der Waals surface area contributed by atoms with Crippen molar-refractivity contribution in [2.24, 2.45) is 5.73 Å². The number of hydrogen-bond donors (Lipinski definition) is 1. The van der Waals surface area contributed by atoms with Crippen molar-refractivity contribution in [1.82, 2.24) is 4.90 Å². The number of nitrogens with two attached hydrogens (primary N) is 1. The third-order valence-electron chi connectivity index (χ3n) is 1.65. The summed E-state index contributed by atoms with van der Waals surface area (Å²) < 4.78 is 0. The average Bonchev–Trinajstić information content (AvgIpc) is 2.04. The van der Waals surface area contributed by atoms with E-state index in [-0.39, 0.29) is 11.1 Å². The van der Waals surface area contributed by atoms with Crippen LogP contribution < -0.4 is 5.73 Å². The van der Waals surface area contributed by atoms with Crippen molar-refractivity contribution in [3.05, 3.63) is 0 Å². The van der Waals surface area contributed by atoms with Crippen molar-refractivity contribution in [3.8, 4) is 0 Å². The standard InChI is InChI=1S/C7H12N2O2S/c8-3-1-4-9-6(10)2-5-12-7(9)11/h1-5,8H2. The van der Waals surface area contributed by atoms with Gasteiger partial charge in [-0.1, -0.05) is 11.8 Å². The van der Waals surface area contributed by atoms with E-state index in [0.717, 1.165) is 0 Å². The van der Waals surface area contributed by atoms with Crippen LogP contribution in [0.3, 0.4) is 0 Å². The summed E-state index contributed by atoms with van der Waals surface area (Å²) in [7, 11) is 0. The van der Waals surface area contributed by atoms with E-state index in [2.05, 4.69) is 0 Å². The maximum absolute atomic E-state index is 11.2. The summed E-state index contributed by atoms with van der Waals surface area (Å²) in [5.74, 6) is 0.559. The Morgan fingerprint density at radius 1 is 1.50 bits per heavy atom. The molecule has 1 saturated heterocycles. The molecule has 0 bridgehead atoms. The van der Waals surface area contributed by atoms with E-state index in [1.54, 1.807) is 0 Å². The lowest BCUT2D eigenvalue weighted by molar-refractivity contribution is -0.127. The molecule has 5 heteroatoms. The molecule has 0 saturated carbocycles. The molecule has 1 heterocycles. The van der Waals surface area contributed by atoms with Gasteiger partial charge in [0.1, 0.15) is 0 Å². The highest BCUT2D eigenvalue weighted by molar-refractivity contribution is 8.13. The minimum Gasteiger partial charge on any atom is -0.330 e. The number of carbonyl (C=O) groups is 2. The molecule has 12 heavy (non-hydrogen) atoms. The Bertz CT molecular complexity index is 180. The first-order chi connectivity index (χ1) is 5.75. The van der Waals surface area contributed by atoms with Gasteiger partial charge in [0.2, 0.25) is 5.91 Å². The fraction of sp³-hybridized carbons (Fsp3) is 0.714. The molecule has 2 amide bonds. The number of hydrogen-bond acceptors (Lipinski definition) is 4. The largest absolute Gasteiger partial charge is 0.330 e. The van der Waals surface area contributed by atoms with Gasteiger partial charge in [0.15, 0.2) is 0 Å². The van der Waals surface area contributed by atoms with Crippen molar-refractivity contribution in [3.63, 3.8) is 0 Å². The Morgan fingerprint density at radius 3 is 2.83 bits per heavy atom. The Hall–Kier alpha value is -0.550. The van der Waals surface area contributed by atoms with Crippen molar-refractivity contribution in [2.45, 2.75) is 12.8 Å². The van der Waals surface area contributed by atoms with Gasteiger partial charge in [0, 0.05) is 18.7 Å². The summed E-state index contributed by atoms with van der Waals surface area (Å²) in [4.78, 5) is 23.6. The molecular formula is C7H12N2O2S. The van der Waals surface area contributed by atoms with E-state index in [0.29, 0.717) is 31.7 Å². The van der Waals surface area contributed by atoms with Crippen molar-refractivity contribution in [2.75, 3.05) is 18.8 Å². The Kier molecular flexibility index (Phi) is 3.55. The molecular weight excluding hydrogens is 176 g/mol. The predicted molar refractivity (Wildman–Crippen MR) is 47.9 cm³/mol. The van der Waals surface area contributed by atoms with Crippen LogP contribution in [0.25, 0.3) is 0 Å². The SMILES string of the molecule is NCCCN1C(=O)CCSC1=O. The zero-order valence-electron chi connectivity index (χ0n) is 6.78. The number of nitrogens with zero attached hydrogens (tertiary/aromatic N) is 1. The first-order valence-electron chi connectivity index (χ1n) is 3.93. The normalized spacial score (nSPS) is 18.6. The van der Waals surface area contributed by atoms with Crippen LogP contribution in [0.1, 0.15) is 12.8 Å². The molecule has 0 aliphatic carbocycles. The average molecular weight is 188 g/mol. The van der Waals surface area contributed by atoms with E-state index in [4.69, 9.17) is 5.73 Å². The smallest absolute Gasteiger partial charge is 0.288 e. The van der Waals surface area contributed by atoms with Crippen LogP contribution in [0.4, 0.5) is 4.79 Å². The van der Waals surface area contributed by atoms with Gasteiger partial charge in [0.05, 0.1) is 0 Å². The molecule has 4 nitrogen and oxygen atoms in total. The van der Waals surface area contributed by atoms with Gasteiger partial charge in [-0.2, -0.15) is 0 Å². The minimum absolute atomic E-state index is 0.0628. The fourth-order valence-electron chi connectivity index (χ4n) is 1.01. The monoisotopic (exact) mass is 188 g/mol. The lowest BCUT2D eigenvalue weighted by Gasteiger charge is -2.23. The van der Waals surface area contributed by atoms with Gasteiger partial charge in [-0.25, -0.2) is 0 Å². The molecule has 0 aromatic heterocycles. The third-order valence-corrected chi connectivity index (χ3v) is 2.52. The van der Waals surface area contributed by atoms with Crippen LogP contribution in [-0.4, -0.2) is 34.9 Å². The quantitative estimate of drug-likeness (QED) is 0.697. The molecule has 0 spiro atoms. The Morgan fingerprint density at radius 2 is 2.25 bits per heavy atom. The minimum atomic E-state index is -0.125. The highest BCUT2D eigenvalue weighted by Gasteiger charge is 2.25. The van der Waals surface area contributed by atoms with Crippen molar-refractivity contribution >= 4 is 22.9 Å². The molecule has 0 unspecified atom stereocenters. The molecule has 0 aromatic rings. The molecule has 1 fully saturated rings.